The first-order chi connectivity index (χ1) is 15.0. The highest BCUT2D eigenvalue weighted by Gasteiger charge is 2.20. The Morgan fingerprint density at radius 1 is 1.19 bits per heavy atom. The summed E-state index contributed by atoms with van der Waals surface area (Å²) >= 11 is 10.9. The van der Waals surface area contributed by atoms with E-state index in [9.17, 15) is 4.79 Å². The molecule has 0 aliphatic heterocycles. The molecule has 6 nitrogen and oxygen atoms in total. The molecular weight excluding hydrogens is 470 g/mol. The molecule has 0 spiro atoms. The Morgan fingerprint density at radius 3 is 2.74 bits per heavy atom. The van der Waals surface area contributed by atoms with E-state index in [1.54, 1.807) is 35.2 Å². The first-order valence-electron chi connectivity index (χ1n) is 9.67. The number of fused-ring (bicyclic) bond motifs is 1. The number of carbonyl (C=O) groups excluding carboxylic acids is 1. The monoisotopic (exact) mass is 489 g/mol. The summed E-state index contributed by atoms with van der Waals surface area (Å²) in [6.07, 6.45) is 0. The van der Waals surface area contributed by atoms with Crippen LogP contribution in [-0.4, -0.2) is 30.9 Å². The van der Waals surface area contributed by atoms with Gasteiger partial charge in [0.05, 0.1) is 31.9 Å². The molecule has 1 atom stereocenters. The number of nitrogens with one attached hydrogen (secondary N) is 1. The van der Waals surface area contributed by atoms with E-state index in [2.05, 4.69) is 26.6 Å². The second kappa shape index (κ2) is 10.0. The van der Waals surface area contributed by atoms with Crippen molar-refractivity contribution in [2.75, 3.05) is 5.32 Å². The van der Waals surface area contributed by atoms with Crippen molar-refractivity contribution in [3.8, 4) is 0 Å². The molecular formula is C21H20ClN5OS3. The van der Waals surface area contributed by atoms with Crippen LogP contribution in [0.15, 0.2) is 58.0 Å². The molecule has 1 amide bonds. The van der Waals surface area contributed by atoms with E-state index in [0.29, 0.717) is 16.5 Å². The molecule has 1 N–H and O–H groups in total. The number of aromatic nitrogens is 4. The van der Waals surface area contributed by atoms with Crippen LogP contribution in [-0.2, 0) is 17.1 Å². The summed E-state index contributed by atoms with van der Waals surface area (Å²) in [6.45, 7) is 4.62. The number of benzene rings is 2. The van der Waals surface area contributed by atoms with Crippen molar-refractivity contribution in [2.24, 2.45) is 0 Å². The highest BCUT2D eigenvalue weighted by atomic mass is 35.5. The minimum atomic E-state index is -0.351. The van der Waals surface area contributed by atoms with E-state index in [-0.39, 0.29) is 11.2 Å². The van der Waals surface area contributed by atoms with Crippen molar-refractivity contribution >= 4 is 68.3 Å². The molecule has 0 aliphatic rings. The first kappa shape index (κ1) is 22.1. The number of nitrogens with zero attached hydrogens (tertiary/aromatic N) is 4. The highest BCUT2D eigenvalue weighted by Crippen LogP contribution is 2.32. The second-order valence-corrected chi connectivity index (χ2v) is 10.6. The molecule has 160 valence electrons. The van der Waals surface area contributed by atoms with Crippen molar-refractivity contribution < 1.29 is 4.79 Å². The van der Waals surface area contributed by atoms with Crippen molar-refractivity contribution in [2.45, 2.75) is 40.9 Å². The van der Waals surface area contributed by atoms with Crippen LogP contribution in [0.2, 0.25) is 5.02 Å². The van der Waals surface area contributed by atoms with Gasteiger partial charge in [-0.3, -0.25) is 4.79 Å². The highest BCUT2D eigenvalue weighted by molar-refractivity contribution is 8.00. The second-order valence-electron chi connectivity index (χ2n) is 6.61. The summed E-state index contributed by atoms with van der Waals surface area (Å²) in [4.78, 5) is 17.3. The summed E-state index contributed by atoms with van der Waals surface area (Å²) < 4.78 is 4.23. The summed E-state index contributed by atoms with van der Waals surface area (Å²) in [5.74, 6) is 1.41. The maximum Gasteiger partial charge on any atom is 0.237 e. The quantitative estimate of drug-likeness (QED) is 0.307. The lowest BCUT2D eigenvalue weighted by Gasteiger charge is -2.13. The summed E-state index contributed by atoms with van der Waals surface area (Å²) in [6, 6.07) is 15.3. The zero-order valence-electron chi connectivity index (χ0n) is 16.9. The first-order valence-corrected chi connectivity index (χ1v) is 12.7. The number of para-hydroxylation sites is 2. The topological polar surface area (TPSA) is 72.7 Å². The normalized spacial score (nSPS) is 12.2. The number of amides is 1. The molecule has 4 aromatic rings. The summed E-state index contributed by atoms with van der Waals surface area (Å²) in [7, 11) is 0. The van der Waals surface area contributed by atoms with Crippen molar-refractivity contribution in [3.05, 3.63) is 59.4 Å². The van der Waals surface area contributed by atoms with E-state index in [0.717, 1.165) is 27.4 Å². The van der Waals surface area contributed by atoms with Gasteiger partial charge in [-0.25, -0.2) is 4.98 Å². The lowest BCUT2D eigenvalue weighted by atomic mass is 10.3. The fourth-order valence-corrected chi connectivity index (χ4v) is 6.00. The Labute approximate surface area is 197 Å². The maximum absolute atomic E-state index is 12.6. The molecule has 10 heteroatoms. The Hall–Kier alpha value is -2.07. The molecule has 0 radical (unpaired) electrons. The van der Waals surface area contributed by atoms with Crippen LogP contribution < -0.4 is 5.32 Å². The molecule has 4 rings (SSSR count). The van der Waals surface area contributed by atoms with Crippen LogP contribution in [0.25, 0.3) is 10.2 Å². The lowest BCUT2D eigenvalue weighted by molar-refractivity contribution is -0.115. The molecule has 2 heterocycles. The standard InChI is InChI=1S/C21H20ClN5OS3/c1-3-27-18(12-29-21-24-16-10-6-7-11-17(16)31-21)25-26-20(27)30-13(2)19(28)23-15-9-5-4-8-14(15)22/h4-11,13H,3,12H2,1-2H3,(H,23,28). The molecule has 2 aromatic heterocycles. The number of hydrogen-bond donors (Lipinski definition) is 1. The summed E-state index contributed by atoms with van der Waals surface area (Å²) in [5, 5.41) is 12.5. The number of anilines is 1. The van der Waals surface area contributed by atoms with Gasteiger partial charge in [0.15, 0.2) is 9.50 Å². The van der Waals surface area contributed by atoms with Gasteiger partial charge in [-0.1, -0.05) is 59.4 Å². The van der Waals surface area contributed by atoms with Crippen molar-refractivity contribution in [1.82, 2.24) is 19.7 Å². The van der Waals surface area contributed by atoms with E-state index in [1.807, 2.05) is 48.7 Å². The smallest absolute Gasteiger partial charge is 0.237 e. The fourth-order valence-electron chi connectivity index (χ4n) is 2.88. The minimum absolute atomic E-state index is 0.130. The van der Waals surface area contributed by atoms with E-state index < -0.39 is 0 Å². The SMILES string of the molecule is CCn1c(CSc2nc3ccccc3s2)nnc1SC(C)C(=O)Nc1ccccc1Cl. The zero-order chi connectivity index (χ0) is 21.8. The van der Waals surface area contributed by atoms with E-state index in [1.165, 1.54) is 16.5 Å². The van der Waals surface area contributed by atoms with Gasteiger partial charge in [-0.05, 0) is 38.1 Å². The Balaban J connectivity index is 1.41. The molecule has 0 saturated heterocycles. The molecule has 0 aliphatic carbocycles. The van der Waals surface area contributed by atoms with E-state index in [4.69, 9.17) is 11.6 Å². The maximum atomic E-state index is 12.6. The van der Waals surface area contributed by atoms with E-state index >= 15 is 0 Å². The number of hydrogen-bond acceptors (Lipinski definition) is 7. The fraction of sp³-hybridized carbons (Fsp3) is 0.238. The van der Waals surface area contributed by atoms with Gasteiger partial charge < -0.3 is 9.88 Å². The van der Waals surface area contributed by atoms with Gasteiger partial charge in [-0.15, -0.1) is 21.5 Å². The van der Waals surface area contributed by atoms with Crippen molar-refractivity contribution in [1.29, 1.82) is 0 Å². The lowest BCUT2D eigenvalue weighted by Crippen LogP contribution is -2.23. The number of halogens is 1. The number of thioether (sulfide) groups is 2. The van der Waals surface area contributed by atoms with Crippen LogP contribution in [0.3, 0.4) is 0 Å². The third-order valence-electron chi connectivity index (χ3n) is 4.49. The molecule has 1 unspecified atom stereocenters. The average molecular weight is 490 g/mol. The van der Waals surface area contributed by atoms with Gasteiger partial charge >= 0.3 is 0 Å². The third kappa shape index (κ3) is 5.23. The molecule has 2 aromatic carbocycles. The zero-order valence-corrected chi connectivity index (χ0v) is 20.1. The van der Waals surface area contributed by atoms with Gasteiger partial charge in [-0.2, -0.15) is 0 Å². The largest absolute Gasteiger partial charge is 0.324 e. The third-order valence-corrected chi connectivity index (χ3v) is 8.08. The van der Waals surface area contributed by atoms with Crippen LogP contribution in [0, 0.1) is 0 Å². The Kier molecular flexibility index (Phi) is 7.16. The van der Waals surface area contributed by atoms with Crippen LogP contribution in [0.4, 0.5) is 5.69 Å². The minimum Gasteiger partial charge on any atom is -0.324 e. The van der Waals surface area contributed by atoms with Gasteiger partial charge in [0.2, 0.25) is 5.91 Å². The summed E-state index contributed by atoms with van der Waals surface area (Å²) in [5.41, 5.74) is 1.62. The number of carbonyl (C=O) groups is 1. The molecule has 0 bridgehead atoms. The van der Waals surface area contributed by atoms with Crippen molar-refractivity contribution in [3.63, 3.8) is 0 Å². The molecule has 0 fully saturated rings. The number of thiazole rings is 1. The van der Waals surface area contributed by atoms with Gasteiger partial charge in [0.25, 0.3) is 0 Å². The predicted molar refractivity (Wildman–Crippen MR) is 130 cm³/mol. The number of rotatable bonds is 8. The van der Waals surface area contributed by atoms with Gasteiger partial charge in [0, 0.05) is 6.54 Å². The Bertz CT molecular complexity index is 1180. The molecule has 31 heavy (non-hydrogen) atoms. The van der Waals surface area contributed by atoms with Crippen LogP contribution in [0.1, 0.15) is 19.7 Å². The van der Waals surface area contributed by atoms with Crippen LogP contribution in [0.5, 0.6) is 0 Å². The van der Waals surface area contributed by atoms with Gasteiger partial charge in [0.1, 0.15) is 5.82 Å². The Morgan fingerprint density at radius 2 is 1.97 bits per heavy atom. The van der Waals surface area contributed by atoms with Crippen LogP contribution >= 0.6 is 46.5 Å². The molecule has 0 saturated carbocycles. The predicted octanol–water partition coefficient (Wildman–Crippen LogP) is 5.97. The average Bonchev–Trinajstić information content (AvgIpc) is 3.36.